The predicted molar refractivity (Wildman–Crippen MR) is 122 cm³/mol. The number of esters is 1. The van der Waals surface area contributed by atoms with Gasteiger partial charge in [0.05, 0.1) is 12.7 Å². The smallest absolute Gasteiger partial charge is 0.343 e. The first-order valence-electron chi connectivity index (χ1n) is 10.6. The Kier molecular flexibility index (Phi) is 7.24. The second-order valence-corrected chi connectivity index (χ2v) is 7.50. The molecule has 0 radical (unpaired) electrons. The number of methoxy groups -OCH3 is 1. The highest BCUT2D eigenvalue weighted by Crippen LogP contribution is 2.26. The van der Waals surface area contributed by atoms with Crippen LogP contribution in [0.4, 0.5) is 0 Å². The molecule has 0 heterocycles. The number of hydrogen-bond acceptors (Lipinski definition) is 4. The number of hydrogen-bond donors (Lipinski definition) is 0. The standard InChI is InChI=1S/C27H28O4/c1-5-21-15-19(10-12-25(21)30-4)14-20-11-13-26(22(6-2)16-20)31-27(29)24-9-7-8-23(17-24)18(3)28/h7-13,15-17H,5-6,14H2,1-4H3. The first-order chi connectivity index (χ1) is 14.9. The van der Waals surface area contributed by atoms with Crippen molar-refractivity contribution >= 4 is 11.8 Å². The number of rotatable bonds is 8. The van der Waals surface area contributed by atoms with Crippen LogP contribution in [-0.4, -0.2) is 18.9 Å². The Hall–Kier alpha value is -3.40. The van der Waals surface area contributed by atoms with E-state index in [2.05, 4.69) is 25.1 Å². The van der Waals surface area contributed by atoms with Gasteiger partial charge in [0.25, 0.3) is 0 Å². The molecule has 0 saturated carbocycles. The van der Waals surface area contributed by atoms with Crippen LogP contribution in [0.1, 0.15) is 63.7 Å². The van der Waals surface area contributed by atoms with Gasteiger partial charge < -0.3 is 9.47 Å². The third-order valence-corrected chi connectivity index (χ3v) is 5.35. The molecule has 0 fully saturated rings. The van der Waals surface area contributed by atoms with Crippen molar-refractivity contribution in [2.45, 2.75) is 40.0 Å². The first-order valence-corrected chi connectivity index (χ1v) is 10.6. The van der Waals surface area contributed by atoms with Crippen molar-refractivity contribution in [3.05, 3.63) is 94.0 Å². The van der Waals surface area contributed by atoms with Gasteiger partial charge in [0.15, 0.2) is 5.78 Å². The van der Waals surface area contributed by atoms with Gasteiger partial charge in [-0.1, -0.05) is 50.2 Å². The molecule has 0 aliphatic carbocycles. The van der Waals surface area contributed by atoms with Gasteiger partial charge in [0.2, 0.25) is 0 Å². The van der Waals surface area contributed by atoms with E-state index in [-0.39, 0.29) is 5.78 Å². The lowest BCUT2D eigenvalue weighted by atomic mass is 9.99. The topological polar surface area (TPSA) is 52.6 Å². The van der Waals surface area contributed by atoms with Crippen molar-refractivity contribution in [2.24, 2.45) is 0 Å². The number of benzene rings is 3. The summed E-state index contributed by atoms with van der Waals surface area (Å²) < 4.78 is 11.1. The molecule has 0 N–H and O–H groups in total. The number of carbonyl (C=O) groups is 2. The van der Waals surface area contributed by atoms with Gasteiger partial charge in [0.1, 0.15) is 11.5 Å². The van der Waals surface area contributed by atoms with E-state index in [0.717, 1.165) is 36.1 Å². The van der Waals surface area contributed by atoms with E-state index in [4.69, 9.17) is 9.47 Å². The fraction of sp³-hybridized carbons (Fsp3) is 0.259. The van der Waals surface area contributed by atoms with E-state index < -0.39 is 5.97 Å². The Bertz CT molecular complexity index is 1100. The number of ketones is 1. The van der Waals surface area contributed by atoms with E-state index in [1.165, 1.54) is 18.1 Å². The molecule has 3 aromatic rings. The Morgan fingerprint density at radius 2 is 1.35 bits per heavy atom. The van der Waals surface area contributed by atoms with E-state index >= 15 is 0 Å². The summed E-state index contributed by atoms with van der Waals surface area (Å²) in [6.07, 6.45) is 2.45. The maximum atomic E-state index is 12.6. The summed E-state index contributed by atoms with van der Waals surface area (Å²) in [5.74, 6) is 0.913. The molecule has 3 aromatic carbocycles. The maximum absolute atomic E-state index is 12.6. The zero-order chi connectivity index (χ0) is 22.4. The van der Waals surface area contributed by atoms with Crippen LogP contribution in [0.5, 0.6) is 11.5 Å². The molecule has 160 valence electrons. The molecule has 0 aromatic heterocycles. The normalized spacial score (nSPS) is 10.6. The Balaban J connectivity index is 1.79. The van der Waals surface area contributed by atoms with Crippen LogP contribution < -0.4 is 9.47 Å². The van der Waals surface area contributed by atoms with Crippen LogP contribution in [0.3, 0.4) is 0 Å². The van der Waals surface area contributed by atoms with Crippen molar-refractivity contribution in [1.29, 1.82) is 0 Å². The summed E-state index contributed by atoms with van der Waals surface area (Å²) in [4.78, 5) is 24.2. The fourth-order valence-electron chi connectivity index (χ4n) is 3.60. The fourth-order valence-corrected chi connectivity index (χ4v) is 3.60. The van der Waals surface area contributed by atoms with Gasteiger partial charge in [-0.15, -0.1) is 0 Å². The van der Waals surface area contributed by atoms with Gasteiger partial charge in [-0.05, 0) is 72.7 Å². The largest absolute Gasteiger partial charge is 0.496 e. The van der Waals surface area contributed by atoms with Gasteiger partial charge in [0, 0.05) is 5.56 Å². The molecule has 0 atom stereocenters. The lowest BCUT2D eigenvalue weighted by Crippen LogP contribution is -2.11. The quantitative estimate of drug-likeness (QED) is 0.263. The van der Waals surface area contributed by atoms with Crippen molar-refractivity contribution in [3.8, 4) is 11.5 Å². The molecule has 0 aliphatic heterocycles. The molecule has 0 bridgehead atoms. The van der Waals surface area contributed by atoms with Crippen molar-refractivity contribution in [3.63, 3.8) is 0 Å². The molecule has 0 saturated heterocycles. The third-order valence-electron chi connectivity index (χ3n) is 5.35. The minimum Gasteiger partial charge on any atom is -0.496 e. The van der Waals surface area contributed by atoms with Crippen LogP contribution in [0.2, 0.25) is 0 Å². The van der Waals surface area contributed by atoms with Crippen LogP contribution in [0, 0.1) is 0 Å². The molecule has 0 aliphatic rings. The molecule has 0 unspecified atom stereocenters. The monoisotopic (exact) mass is 416 g/mol. The summed E-state index contributed by atoms with van der Waals surface area (Å²) in [5, 5.41) is 0. The number of carbonyl (C=O) groups excluding carboxylic acids is 2. The second-order valence-electron chi connectivity index (χ2n) is 7.50. The number of aryl methyl sites for hydroxylation is 2. The Morgan fingerprint density at radius 3 is 1.94 bits per heavy atom. The maximum Gasteiger partial charge on any atom is 0.343 e. The molecular weight excluding hydrogens is 388 g/mol. The molecule has 3 rings (SSSR count). The van der Waals surface area contributed by atoms with E-state index in [1.807, 2.05) is 25.1 Å². The minimum atomic E-state index is -0.465. The lowest BCUT2D eigenvalue weighted by molar-refractivity contribution is 0.0733. The highest BCUT2D eigenvalue weighted by molar-refractivity contribution is 5.98. The molecule has 4 nitrogen and oxygen atoms in total. The van der Waals surface area contributed by atoms with Gasteiger partial charge in [-0.25, -0.2) is 4.79 Å². The first kappa shape index (κ1) is 22.3. The van der Waals surface area contributed by atoms with Crippen molar-refractivity contribution in [1.82, 2.24) is 0 Å². The van der Waals surface area contributed by atoms with Gasteiger partial charge in [-0.3, -0.25) is 4.79 Å². The van der Waals surface area contributed by atoms with Crippen molar-refractivity contribution in [2.75, 3.05) is 7.11 Å². The number of ether oxygens (including phenoxy) is 2. The van der Waals surface area contributed by atoms with Crippen LogP contribution in [0.25, 0.3) is 0 Å². The number of Topliss-reactive ketones (excluding diaryl/α,β-unsaturated/α-hetero) is 1. The average molecular weight is 417 g/mol. The van der Waals surface area contributed by atoms with Gasteiger partial charge >= 0.3 is 5.97 Å². The zero-order valence-corrected chi connectivity index (χ0v) is 18.5. The molecule has 0 spiro atoms. The molecular formula is C27H28O4. The molecule has 0 amide bonds. The Morgan fingerprint density at radius 1 is 0.774 bits per heavy atom. The van der Waals surface area contributed by atoms with Crippen LogP contribution >= 0.6 is 0 Å². The SMILES string of the molecule is CCc1cc(Cc2ccc(OC(=O)c3cccc(C(C)=O)c3)c(CC)c2)ccc1OC. The summed E-state index contributed by atoms with van der Waals surface area (Å²) in [7, 11) is 1.69. The zero-order valence-electron chi connectivity index (χ0n) is 18.5. The average Bonchev–Trinajstić information content (AvgIpc) is 2.79. The summed E-state index contributed by atoms with van der Waals surface area (Å²) >= 11 is 0. The highest BCUT2D eigenvalue weighted by Gasteiger charge is 2.14. The van der Waals surface area contributed by atoms with Gasteiger partial charge in [-0.2, -0.15) is 0 Å². The third kappa shape index (κ3) is 5.40. The second kappa shape index (κ2) is 10.1. The van der Waals surface area contributed by atoms with Crippen molar-refractivity contribution < 1.29 is 19.1 Å². The minimum absolute atomic E-state index is 0.0852. The predicted octanol–water partition coefficient (Wildman–Crippen LogP) is 5.83. The van der Waals surface area contributed by atoms with E-state index in [1.54, 1.807) is 31.4 Å². The lowest BCUT2D eigenvalue weighted by Gasteiger charge is -2.13. The van der Waals surface area contributed by atoms with Crippen LogP contribution in [0.15, 0.2) is 60.7 Å². The highest BCUT2D eigenvalue weighted by atomic mass is 16.5. The molecule has 31 heavy (non-hydrogen) atoms. The summed E-state index contributed by atoms with van der Waals surface area (Å²) in [5.41, 5.74) is 5.38. The molecule has 4 heteroatoms. The summed E-state index contributed by atoms with van der Waals surface area (Å²) in [6.45, 7) is 5.63. The Labute approximate surface area is 183 Å². The van der Waals surface area contributed by atoms with E-state index in [0.29, 0.717) is 16.9 Å². The van der Waals surface area contributed by atoms with E-state index in [9.17, 15) is 9.59 Å². The van der Waals surface area contributed by atoms with Crippen LogP contribution in [-0.2, 0) is 19.3 Å². The summed E-state index contributed by atoms with van der Waals surface area (Å²) in [6, 6.07) is 18.8.